The smallest absolute Gasteiger partial charge is 0.0788 e. The van der Waals surface area contributed by atoms with Gasteiger partial charge < -0.3 is 4.48 Å². The maximum Gasteiger partial charge on any atom is 0.0788 e. The quantitative estimate of drug-likeness (QED) is 0.556. The zero-order chi connectivity index (χ0) is 9.57. The van der Waals surface area contributed by atoms with Crippen molar-refractivity contribution in [1.82, 2.24) is 0 Å². The molecule has 0 atom stereocenters. The van der Waals surface area contributed by atoms with Crippen LogP contribution in [0, 0.1) is 0 Å². The average Bonchev–Trinajstić information content (AvgIpc) is 2.61. The van der Waals surface area contributed by atoms with Gasteiger partial charge in [0, 0.05) is 12.8 Å². The summed E-state index contributed by atoms with van der Waals surface area (Å²) in [5, 5.41) is 0. The highest BCUT2D eigenvalue weighted by atomic mass is 15.4. The van der Waals surface area contributed by atoms with Crippen LogP contribution in [0.15, 0.2) is 0 Å². The Morgan fingerprint density at radius 1 is 0.846 bits per heavy atom. The van der Waals surface area contributed by atoms with Crippen molar-refractivity contribution in [3.63, 3.8) is 0 Å². The van der Waals surface area contributed by atoms with E-state index in [0.717, 1.165) is 0 Å². The van der Waals surface area contributed by atoms with E-state index >= 15 is 0 Å². The van der Waals surface area contributed by atoms with E-state index in [1.54, 1.807) is 0 Å². The summed E-state index contributed by atoms with van der Waals surface area (Å²) in [4.78, 5) is 0. The zero-order valence-corrected chi connectivity index (χ0v) is 9.52. The highest BCUT2D eigenvalue weighted by Gasteiger charge is 2.29. The molecule has 0 aromatic rings. The van der Waals surface area contributed by atoms with Crippen LogP contribution >= 0.6 is 0 Å². The fourth-order valence-electron chi connectivity index (χ4n) is 2.55. The van der Waals surface area contributed by atoms with Crippen molar-refractivity contribution in [2.24, 2.45) is 0 Å². The average molecular weight is 184 g/mol. The van der Waals surface area contributed by atoms with Crippen LogP contribution in [0.2, 0.25) is 0 Å². The first kappa shape index (κ1) is 11.0. The third-order valence-electron chi connectivity index (χ3n) is 3.49. The van der Waals surface area contributed by atoms with Crippen LogP contribution in [0.1, 0.15) is 52.4 Å². The molecule has 0 spiro atoms. The van der Waals surface area contributed by atoms with Crippen LogP contribution < -0.4 is 0 Å². The van der Waals surface area contributed by atoms with Crippen molar-refractivity contribution in [3.8, 4) is 0 Å². The summed E-state index contributed by atoms with van der Waals surface area (Å²) in [6.45, 7) is 10.5. The van der Waals surface area contributed by atoms with Gasteiger partial charge in [0.1, 0.15) is 0 Å². The topological polar surface area (TPSA) is 0 Å². The standard InChI is InChI=1S/C12H26N/c1-3-5-9-13(10-6-4-2)11-7-8-12-13/h3-12H2,1-2H3/q+1. The molecule has 13 heavy (non-hydrogen) atoms. The minimum Gasteiger partial charge on any atom is -0.324 e. The Labute approximate surface area is 83.7 Å². The SMILES string of the molecule is CCCC[N+]1(CCCC)CCCC1. The molecule has 1 saturated heterocycles. The second-order valence-electron chi connectivity index (χ2n) is 4.65. The molecule has 0 aromatic carbocycles. The summed E-state index contributed by atoms with van der Waals surface area (Å²) in [5.41, 5.74) is 0. The Morgan fingerprint density at radius 2 is 1.31 bits per heavy atom. The summed E-state index contributed by atoms with van der Waals surface area (Å²) in [5.74, 6) is 0. The Balaban J connectivity index is 2.33. The maximum absolute atomic E-state index is 2.31. The lowest BCUT2D eigenvalue weighted by Crippen LogP contribution is -2.46. The predicted molar refractivity (Wildman–Crippen MR) is 58.8 cm³/mol. The van der Waals surface area contributed by atoms with Gasteiger partial charge in [-0.2, -0.15) is 0 Å². The number of rotatable bonds is 6. The first-order valence-corrected chi connectivity index (χ1v) is 6.18. The summed E-state index contributed by atoms with van der Waals surface area (Å²) in [6, 6.07) is 0. The molecular weight excluding hydrogens is 158 g/mol. The summed E-state index contributed by atoms with van der Waals surface area (Å²) < 4.78 is 1.46. The van der Waals surface area contributed by atoms with Crippen LogP contribution in [-0.2, 0) is 0 Å². The molecule has 0 amide bonds. The van der Waals surface area contributed by atoms with Crippen molar-refractivity contribution >= 4 is 0 Å². The molecule has 0 saturated carbocycles. The second kappa shape index (κ2) is 5.64. The molecule has 1 rings (SSSR count). The van der Waals surface area contributed by atoms with Crippen molar-refractivity contribution < 1.29 is 4.48 Å². The Kier molecular flexibility index (Phi) is 4.79. The highest BCUT2D eigenvalue weighted by molar-refractivity contribution is 4.55. The summed E-state index contributed by atoms with van der Waals surface area (Å²) in [7, 11) is 0. The molecule has 1 heterocycles. The van der Waals surface area contributed by atoms with Gasteiger partial charge in [-0.25, -0.2) is 0 Å². The van der Waals surface area contributed by atoms with Crippen molar-refractivity contribution in [2.45, 2.75) is 52.4 Å². The third-order valence-corrected chi connectivity index (χ3v) is 3.49. The van der Waals surface area contributed by atoms with Gasteiger partial charge in [0.15, 0.2) is 0 Å². The van der Waals surface area contributed by atoms with Gasteiger partial charge in [-0.3, -0.25) is 0 Å². The lowest BCUT2D eigenvalue weighted by molar-refractivity contribution is -0.917. The molecule has 1 heteroatoms. The van der Waals surface area contributed by atoms with E-state index in [-0.39, 0.29) is 0 Å². The number of quaternary nitrogens is 1. The number of unbranched alkanes of at least 4 members (excludes halogenated alkanes) is 2. The molecule has 0 aromatic heterocycles. The van der Waals surface area contributed by atoms with Gasteiger partial charge in [0.25, 0.3) is 0 Å². The van der Waals surface area contributed by atoms with E-state index in [1.807, 2.05) is 0 Å². The molecule has 0 radical (unpaired) electrons. The number of hydrogen-bond acceptors (Lipinski definition) is 0. The maximum atomic E-state index is 2.31. The van der Waals surface area contributed by atoms with E-state index in [2.05, 4.69) is 13.8 Å². The highest BCUT2D eigenvalue weighted by Crippen LogP contribution is 2.21. The number of hydrogen-bond donors (Lipinski definition) is 0. The molecule has 1 aliphatic heterocycles. The fraction of sp³-hybridized carbons (Fsp3) is 1.00. The van der Waals surface area contributed by atoms with E-state index in [1.165, 1.54) is 69.2 Å². The summed E-state index contributed by atoms with van der Waals surface area (Å²) in [6.07, 6.45) is 8.56. The van der Waals surface area contributed by atoms with Gasteiger partial charge in [-0.1, -0.05) is 26.7 Å². The van der Waals surface area contributed by atoms with Crippen LogP contribution in [0.25, 0.3) is 0 Å². The molecular formula is C12H26N+. The van der Waals surface area contributed by atoms with Crippen LogP contribution in [-0.4, -0.2) is 30.7 Å². The predicted octanol–water partition coefficient (Wildman–Crippen LogP) is 3.20. The molecule has 1 nitrogen and oxygen atoms in total. The van der Waals surface area contributed by atoms with Crippen molar-refractivity contribution in [1.29, 1.82) is 0 Å². The minimum absolute atomic E-state index is 1.37. The van der Waals surface area contributed by atoms with Crippen molar-refractivity contribution in [2.75, 3.05) is 26.2 Å². The molecule has 78 valence electrons. The number of likely N-dealkylation sites (tertiary alicyclic amines) is 1. The molecule has 0 bridgehead atoms. The zero-order valence-electron chi connectivity index (χ0n) is 9.52. The third kappa shape index (κ3) is 3.30. The lowest BCUT2D eigenvalue weighted by atomic mass is 10.2. The molecule has 0 N–H and O–H groups in total. The Bertz CT molecular complexity index is 115. The monoisotopic (exact) mass is 184 g/mol. The lowest BCUT2D eigenvalue weighted by Gasteiger charge is -2.34. The van der Waals surface area contributed by atoms with E-state index in [9.17, 15) is 0 Å². The van der Waals surface area contributed by atoms with Gasteiger partial charge >= 0.3 is 0 Å². The van der Waals surface area contributed by atoms with E-state index in [0.29, 0.717) is 0 Å². The fourth-order valence-corrected chi connectivity index (χ4v) is 2.55. The minimum atomic E-state index is 1.37. The molecule has 0 aliphatic carbocycles. The first-order chi connectivity index (χ1) is 6.33. The number of nitrogens with zero attached hydrogens (tertiary/aromatic N) is 1. The first-order valence-electron chi connectivity index (χ1n) is 6.18. The van der Waals surface area contributed by atoms with Crippen molar-refractivity contribution in [3.05, 3.63) is 0 Å². The van der Waals surface area contributed by atoms with Crippen LogP contribution in [0.3, 0.4) is 0 Å². The van der Waals surface area contributed by atoms with Gasteiger partial charge in [-0.15, -0.1) is 0 Å². The Hall–Kier alpha value is -0.0400. The summed E-state index contributed by atoms with van der Waals surface area (Å²) >= 11 is 0. The Morgan fingerprint density at radius 3 is 1.69 bits per heavy atom. The van der Waals surface area contributed by atoms with E-state index in [4.69, 9.17) is 0 Å². The normalized spacial score (nSPS) is 20.8. The molecule has 0 unspecified atom stereocenters. The van der Waals surface area contributed by atoms with Crippen LogP contribution in [0.5, 0.6) is 0 Å². The second-order valence-corrected chi connectivity index (χ2v) is 4.65. The van der Waals surface area contributed by atoms with Gasteiger partial charge in [0.05, 0.1) is 26.2 Å². The van der Waals surface area contributed by atoms with Crippen LogP contribution in [0.4, 0.5) is 0 Å². The molecule has 1 fully saturated rings. The molecule has 1 aliphatic rings. The van der Waals surface area contributed by atoms with E-state index < -0.39 is 0 Å². The largest absolute Gasteiger partial charge is 0.324 e. The van der Waals surface area contributed by atoms with Gasteiger partial charge in [0.2, 0.25) is 0 Å². The van der Waals surface area contributed by atoms with Gasteiger partial charge in [-0.05, 0) is 12.8 Å².